The van der Waals surface area contributed by atoms with Crippen LogP contribution in [0, 0.1) is 6.92 Å². The number of para-hydroxylation sites is 1. The molecule has 0 saturated heterocycles. The molecule has 0 fully saturated rings. The fourth-order valence-electron chi connectivity index (χ4n) is 3.94. The summed E-state index contributed by atoms with van der Waals surface area (Å²) in [4.78, 5) is 0. The van der Waals surface area contributed by atoms with Crippen LogP contribution in [0.4, 0.5) is 0 Å². The van der Waals surface area contributed by atoms with Crippen LogP contribution >= 0.6 is 0 Å². The molecule has 4 aromatic carbocycles. The summed E-state index contributed by atoms with van der Waals surface area (Å²) in [6, 6.07) is 32.7. The molecular weight excluding hydrogens is 338 g/mol. The first kappa shape index (κ1) is 16.6. The number of hydrogen-bond donors (Lipinski definition) is 0. The molecule has 0 amide bonds. The standard InChI is InChI=1S/C27H21N/c1-3-20-10-17-27-25(18-20)24-6-4-5-7-26(24)28(27)23-15-13-22(14-16-23)21-11-8-19(2)9-12-21/h3-18H,1H2,2H3. The average Bonchev–Trinajstić information content (AvgIpc) is 3.08. The predicted molar refractivity (Wildman–Crippen MR) is 121 cm³/mol. The molecule has 28 heavy (non-hydrogen) atoms. The highest BCUT2D eigenvalue weighted by Crippen LogP contribution is 2.33. The number of rotatable bonds is 3. The van der Waals surface area contributed by atoms with Crippen LogP contribution in [0.2, 0.25) is 0 Å². The Bertz CT molecular complexity index is 1300. The third-order valence-corrected chi connectivity index (χ3v) is 5.44. The Morgan fingerprint density at radius 1 is 0.679 bits per heavy atom. The highest BCUT2D eigenvalue weighted by Gasteiger charge is 2.12. The number of aromatic nitrogens is 1. The summed E-state index contributed by atoms with van der Waals surface area (Å²) in [7, 11) is 0. The Hall–Kier alpha value is -3.58. The molecule has 134 valence electrons. The van der Waals surface area contributed by atoms with Gasteiger partial charge in [-0.15, -0.1) is 0 Å². The van der Waals surface area contributed by atoms with Gasteiger partial charge in [-0.25, -0.2) is 0 Å². The van der Waals surface area contributed by atoms with Gasteiger partial charge in [0.2, 0.25) is 0 Å². The first-order valence-electron chi connectivity index (χ1n) is 9.58. The Morgan fingerprint density at radius 3 is 2.04 bits per heavy atom. The molecule has 5 rings (SSSR count). The van der Waals surface area contributed by atoms with E-state index >= 15 is 0 Å². The summed E-state index contributed by atoms with van der Waals surface area (Å²) < 4.78 is 2.34. The maximum Gasteiger partial charge on any atom is 0.0541 e. The number of nitrogens with zero attached hydrogens (tertiary/aromatic N) is 1. The maximum atomic E-state index is 3.92. The van der Waals surface area contributed by atoms with E-state index in [2.05, 4.69) is 109 Å². The van der Waals surface area contributed by atoms with E-state index < -0.39 is 0 Å². The molecule has 1 heteroatoms. The van der Waals surface area contributed by atoms with Crippen LogP contribution in [0.25, 0.3) is 44.7 Å². The molecule has 1 aromatic heterocycles. The van der Waals surface area contributed by atoms with Crippen molar-refractivity contribution in [2.45, 2.75) is 6.92 Å². The van der Waals surface area contributed by atoms with Gasteiger partial charge < -0.3 is 4.57 Å². The lowest BCUT2D eigenvalue weighted by molar-refractivity contribution is 1.18. The minimum Gasteiger partial charge on any atom is -0.309 e. The van der Waals surface area contributed by atoms with Crippen molar-refractivity contribution >= 4 is 27.9 Å². The molecule has 0 aliphatic rings. The van der Waals surface area contributed by atoms with E-state index in [0.29, 0.717) is 0 Å². The van der Waals surface area contributed by atoms with Crippen molar-refractivity contribution in [1.82, 2.24) is 4.57 Å². The van der Waals surface area contributed by atoms with Crippen LogP contribution in [0.1, 0.15) is 11.1 Å². The molecule has 5 aromatic rings. The zero-order chi connectivity index (χ0) is 19.1. The van der Waals surface area contributed by atoms with Gasteiger partial charge >= 0.3 is 0 Å². The monoisotopic (exact) mass is 359 g/mol. The first-order chi connectivity index (χ1) is 13.7. The Kier molecular flexibility index (Phi) is 3.87. The van der Waals surface area contributed by atoms with E-state index in [1.54, 1.807) is 0 Å². The molecule has 1 heterocycles. The van der Waals surface area contributed by atoms with Crippen LogP contribution in [-0.4, -0.2) is 4.57 Å². The molecule has 0 bridgehead atoms. The van der Waals surface area contributed by atoms with Crippen molar-refractivity contribution in [2.75, 3.05) is 0 Å². The predicted octanol–water partition coefficient (Wildman–Crippen LogP) is 7.40. The lowest BCUT2D eigenvalue weighted by atomic mass is 10.0. The fourth-order valence-corrected chi connectivity index (χ4v) is 3.94. The highest BCUT2D eigenvalue weighted by molar-refractivity contribution is 6.09. The first-order valence-corrected chi connectivity index (χ1v) is 9.58. The summed E-state index contributed by atoms with van der Waals surface area (Å²) in [5.41, 5.74) is 8.52. The van der Waals surface area contributed by atoms with Crippen LogP contribution < -0.4 is 0 Å². The topological polar surface area (TPSA) is 4.93 Å². The lowest BCUT2D eigenvalue weighted by Gasteiger charge is -2.09. The SMILES string of the molecule is C=Cc1ccc2c(c1)c1ccccc1n2-c1ccc(-c2ccc(C)cc2)cc1. The zero-order valence-corrected chi connectivity index (χ0v) is 15.9. The van der Waals surface area contributed by atoms with E-state index in [9.17, 15) is 0 Å². The van der Waals surface area contributed by atoms with Crippen LogP contribution in [0.3, 0.4) is 0 Å². The Morgan fingerprint density at radius 2 is 1.32 bits per heavy atom. The van der Waals surface area contributed by atoms with Crippen molar-refractivity contribution in [3.05, 3.63) is 109 Å². The van der Waals surface area contributed by atoms with Gasteiger partial charge in [0.1, 0.15) is 0 Å². The second kappa shape index (κ2) is 6.54. The van der Waals surface area contributed by atoms with Crippen LogP contribution in [0.15, 0.2) is 97.6 Å². The van der Waals surface area contributed by atoms with E-state index in [0.717, 1.165) is 5.56 Å². The van der Waals surface area contributed by atoms with Gasteiger partial charge in [0.25, 0.3) is 0 Å². The normalized spacial score (nSPS) is 11.2. The molecule has 0 N–H and O–H groups in total. The van der Waals surface area contributed by atoms with Gasteiger partial charge in [-0.2, -0.15) is 0 Å². The molecule has 0 aliphatic heterocycles. The average molecular weight is 359 g/mol. The Balaban J connectivity index is 1.70. The van der Waals surface area contributed by atoms with E-state index in [4.69, 9.17) is 0 Å². The molecule has 0 atom stereocenters. The third kappa shape index (κ3) is 2.64. The molecule has 0 unspecified atom stereocenters. The van der Waals surface area contributed by atoms with E-state index in [1.807, 2.05) is 6.08 Å². The Labute approximate surface area is 165 Å². The molecule has 0 radical (unpaired) electrons. The van der Waals surface area contributed by atoms with Gasteiger partial charge in [0, 0.05) is 16.5 Å². The van der Waals surface area contributed by atoms with Gasteiger partial charge in [-0.3, -0.25) is 0 Å². The molecule has 0 saturated carbocycles. The van der Waals surface area contributed by atoms with E-state index in [1.165, 1.54) is 44.2 Å². The number of hydrogen-bond acceptors (Lipinski definition) is 0. The van der Waals surface area contributed by atoms with Crippen LogP contribution in [-0.2, 0) is 0 Å². The maximum absolute atomic E-state index is 3.92. The minimum absolute atomic E-state index is 1.14. The summed E-state index contributed by atoms with van der Waals surface area (Å²) in [5.74, 6) is 0. The van der Waals surface area contributed by atoms with Crippen molar-refractivity contribution in [1.29, 1.82) is 0 Å². The lowest BCUT2D eigenvalue weighted by Crippen LogP contribution is -1.93. The third-order valence-electron chi connectivity index (χ3n) is 5.44. The van der Waals surface area contributed by atoms with Crippen molar-refractivity contribution < 1.29 is 0 Å². The molecular formula is C27H21N. The summed E-state index contributed by atoms with van der Waals surface area (Å²) in [6.45, 7) is 6.04. The molecule has 1 nitrogen and oxygen atoms in total. The highest BCUT2D eigenvalue weighted by atomic mass is 15.0. The second-order valence-corrected chi connectivity index (χ2v) is 7.25. The molecule has 0 spiro atoms. The van der Waals surface area contributed by atoms with Crippen molar-refractivity contribution in [2.24, 2.45) is 0 Å². The fraction of sp³-hybridized carbons (Fsp3) is 0.0370. The largest absolute Gasteiger partial charge is 0.309 e. The summed E-state index contributed by atoms with van der Waals surface area (Å²) >= 11 is 0. The zero-order valence-electron chi connectivity index (χ0n) is 15.9. The quantitative estimate of drug-likeness (QED) is 0.316. The molecule has 0 aliphatic carbocycles. The second-order valence-electron chi connectivity index (χ2n) is 7.25. The summed E-state index contributed by atoms with van der Waals surface area (Å²) in [6.07, 6.45) is 1.90. The van der Waals surface area contributed by atoms with Crippen LogP contribution in [0.5, 0.6) is 0 Å². The van der Waals surface area contributed by atoms with Gasteiger partial charge in [-0.05, 0) is 53.9 Å². The van der Waals surface area contributed by atoms with Gasteiger partial charge in [-0.1, -0.05) is 78.9 Å². The summed E-state index contributed by atoms with van der Waals surface area (Å²) in [5, 5.41) is 2.53. The minimum atomic E-state index is 1.14. The number of fused-ring (bicyclic) bond motifs is 3. The van der Waals surface area contributed by atoms with E-state index in [-0.39, 0.29) is 0 Å². The smallest absolute Gasteiger partial charge is 0.0541 e. The van der Waals surface area contributed by atoms with Crippen molar-refractivity contribution in [3.8, 4) is 16.8 Å². The number of benzene rings is 4. The van der Waals surface area contributed by atoms with Crippen molar-refractivity contribution in [3.63, 3.8) is 0 Å². The van der Waals surface area contributed by atoms with Gasteiger partial charge in [0.15, 0.2) is 0 Å². The number of aryl methyl sites for hydroxylation is 1. The van der Waals surface area contributed by atoms with Gasteiger partial charge in [0.05, 0.1) is 11.0 Å².